The molecule has 0 atom stereocenters. The summed E-state index contributed by atoms with van der Waals surface area (Å²) in [6, 6.07) is 3.22. The van der Waals surface area contributed by atoms with E-state index in [-0.39, 0.29) is 22.7 Å². The number of rotatable bonds is 34. The van der Waals surface area contributed by atoms with Crippen LogP contribution in [0.4, 0.5) is 0 Å². The zero-order valence-electron chi connectivity index (χ0n) is 40.4. The molecule has 354 valence electrons. The predicted octanol–water partition coefficient (Wildman–Crippen LogP) is 16.3. The van der Waals surface area contributed by atoms with E-state index in [1.807, 2.05) is 41.5 Å². The zero-order chi connectivity index (χ0) is 45.7. The molecule has 60 heavy (non-hydrogen) atoms. The van der Waals surface area contributed by atoms with Gasteiger partial charge in [0.15, 0.2) is 0 Å². The van der Waals surface area contributed by atoms with Crippen LogP contribution in [0, 0.1) is 0 Å². The summed E-state index contributed by atoms with van der Waals surface area (Å²) in [6.07, 6.45) is 40.1. The molecule has 0 radical (unpaired) electrons. The van der Waals surface area contributed by atoms with Crippen molar-refractivity contribution in [3.05, 3.63) is 28.8 Å². The summed E-state index contributed by atoms with van der Waals surface area (Å²) in [4.78, 5) is 39.4. The summed E-state index contributed by atoms with van der Waals surface area (Å²) in [6.45, 7) is 16.4. The van der Waals surface area contributed by atoms with Crippen LogP contribution in [-0.4, -0.2) is 37.0 Å². The molecule has 0 saturated carbocycles. The summed E-state index contributed by atoms with van der Waals surface area (Å²) < 4.78 is 11.5. The van der Waals surface area contributed by atoms with Crippen molar-refractivity contribution >= 4 is 19.5 Å². The molecule has 0 unspecified atom stereocenters. The maximum absolute atomic E-state index is 11.5. The topological polar surface area (TPSA) is 152 Å². The normalized spacial score (nSPS) is 11.8. The fraction of sp³-hybridized carbons (Fsp3) is 0.843. The molecule has 0 saturated heterocycles. The SMILES string of the molecule is CC(C)(C)c1cc(O)cc(C(C)(C)C)c1CP(=O)(O)O.CCCCCCCCCCCCCCCCCC(=O)O.CCCCCCCCCCCCCCCCCC(=O)O. The first-order chi connectivity index (χ1) is 28.3. The number of phenols is 1. The monoisotopic (exact) mass is 869 g/mol. The highest BCUT2D eigenvalue weighted by atomic mass is 31.2. The summed E-state index contributed by atoms with van der Waals surface area (Å²) in [5.41, 5.74) is 1.61. The van der Waals surface area contributed by atoms with Gasteiger partial charge in [0, 0.05) is 12.8 Å². The molecule has 0 amide bonds. The van der Waals surface area contributed by atoms with Gasteiger partial charge in [-0.15, -0.1) is 0 Å². The molecule has 8 nitrogen and oxygen atoms in total. The van der Waals surface area contributed by atoms with E-state index in [0.29, 0.717) is 18.4 Å². The number of hydrogen-bond donors (Lipinski definition) is 5. The predicted molar refractivity (Wildman–Crippen MR) is 256 cm³/mol. The fourth-order valence-electron chi connectivity index (χ4n) is 7.67. The molecule has 1 aromatic rings. The zero-order valence-corrected chi connectivity index (χ0v) is 41.3. The van der Waals surface area contributed by atoms with Crippen LogP contribution in [0.5, 0.6) is 5.75 Å². The van der Waals surface area contributed by atoms with Crippen LogP contribution in [0.25, 0.3) is 0 Å². The highest BCUT2D eigenvalue weighted by Gasteiger charge is 2.30. The average molecular weight is 869 g/mol. The molecule has 0 heterocycles. The molecular weight excluding hydrogens is 772 g/mol. The number of carbonyl (C=O) groups is 2. The van der Waals surface area contributed by atoms with Crippen molar-refractivity contribution in [2.75, 3.05) is 0 Å². The molecule has 0 aliphatic carbocycles. The number of carboxylic acid groups (broad SMARTS) is 2. The summed E-state index contributed by atoms with van der Waals surface area (Å²) >= 11 is 0. The lowest BCUT2D eigenvalue weighted by atomic mass is 9.76. The standard InChI is InChI=1S/2C18H36O2.C15H25O4P/c2*1-2-3-4-5-6-7-8-9-10-11-12-13-14-15-16-17-18(19)20;1-14(2,3)12-7-10(16)8-13(15(4,5)6)11(12)9-20(17,18)19/h2*2-17H2,1H3,(H,19,20);7-8,16H,9H2,1-6H3,(H2,17,18,19). The van der Waals surface area contributed by atoms with Gasteiger partial charge in [-0.3, -0.25) is 14.2 Å². The van der Waals surface area contributed by atoms with Gasteiger partial charge in [-0.1, -0.05) is 235 Å². The first kappa shape index (κ1) is 60.2. The first-order valence-corrected chi connectivity index (χ1v) is 26.4. The van der Waals surface area contributed by atoms with Crippen molar-refractivity contribution < 1.29 is 39.3 Å². The van der Waals surface area contributed by atoms with Gasteiger partial charge >= 0.3 is 19.5 Å². The molecule has 0 bridgehead atoms. The Balaban J connectivity index is 0. The molecule has 0 aromatic heterocycles. The minimum atomic E-state index is -4.18. The first-order valence-electron chi connectivity index (χ1n) is 24.6. The molecule has 1 aromatic carbocycles. The van der Waals surface area contributed by atoms with Gasteiger partial charge in [-0.05, 0) is 52.5 Å². The van der Waals surface area contributed by atoms with Crippen LogP contribution in [0.15, 0.2) is 12.1 Å². The maximum atomic E-state index is 11.5. The fourth-order valence-corrected chi connectivity index (χ4v) is 8.42. The highest BCUT2D eigenvalue weighted by Crippen LogP contribution is 2.46. The van der Waals surface area contributed by atoms with Crippen molar-refractivity contribution in [2.24, 2.45) is 0 Å². The lowest BCUT2D eigenvalue weighted by Gasteiger charge is -2.30. The van der Waals surface area contributed by atoms with E-state index in [9.17, 15) is 29.0 Å². The van der Waals surface area contributed by atoms with Crippen LogP contribution >= 0.6 is 7.60 Å². The molecule has 0 spiro atoms. The van der Waals surface area contributed by atoms with Crippen LogP contribution in [-0.2, 0) is 31.1 Å². The molecular formula is C51H97O8P. The summed E-state index contributed by atoms with van der Waals surface area (Å²) in [5.74, 6) is -1.17. The van der Waals surface area contributed by atoms with E-state index in [0.717, 1.165) is 36.8 Å². The number of benzene rings is 1. The van der Waals surface area contributed by atoms with Crippen molar-refractivity contribution in [3.8, 4) is 5.75 Å². The Kier molecular flexibility index (Phi) is 37.8. The largest absolute Gasteiger partial charge is 0.508 e. The van der Waals surface area contributed by atoms with Crippen LogP contribution in [0.1, 0.15) is 278 Å². The van der Waals surface area contributed by atoms with Crippen molar-refractivity contribution in [1.29, 1.82) is 0 Å². The molecule has 1 rings (SSSR count). The maximum Gasteiger partial charge on any atom is 0.329 e. The number of aliphatic carboxylic acids is 2. The van der Waals surface area contributed by atoms with Gasteiger partial charge in [-0.2, -0.15) is 0 Å². The second kappa shape index (κ2) is 37.6. The highest BCUT2D eigenvalue weighted by molar-refractivity contribution is 7.50. The van der Waals surface area contributed by atoms with E-state index in [1.165, 1.54) is 167 Å². The average Bonchev–Trinajstić information content (AvgIpc) is 3.14. The van der Waals surface area contributed by atoms with Gasteiger partial charge < -0.3 is 25.1 Å². The van der Waals surface area contributed by atoms with Gasteiger partial charge in [0.2, 0.25) is 0 Å². The van der Waals surface area contributed by atoms with E-state index >= 15 is 0 Å². The molecule has 0 fully saturated rings. The number of hydrogen-bond acceptors (Lipinski definition) is 4. The Bertz CT molecular complexity index is 1150. The van der Waals surface area contributed by atoms with Gasteiger partial charge in [0.1, 0.15) is 5.75 Å². The van der Waals surface area contributed by atoms with E-state index in [2.05, 4.69) is 13.8 Å². The molecule has 9 heteroatoms. The number of aromatic hydroxyl groups is 1. The number of unbranched alkanes of at least 4 members (excludes halogenated alkanes) is 28. The second-order valence-corrected chi connectivity index (χ2v) is 21.2. The van der Waals surface area contributed by atoms with Crippen molar-refractivity contribution in [2.45, 2.75) is 278 Å². The third-order valence-corrected chi connectivity index (χ3v) is 11.9. The smallest absolute Gasteiger partial charge is 0.329 e. The lowest BCUT2D eigenvalue weighted by Crippen LogP contribution is -2.21. The van der Waals surface area contributed by atoms with Crippen LogP contribution in [0.2, 0.25) is 0 Å². The van der Waals surface area contributed by atoms with Gasteiger partial charge in [0.25, 0.3) is 0 Å². The molecule has 0 aliphatic rings. The molecule has 5 N–H and O–H groups in total. The second-order valence-electron chi connectivity index (χ2n) is 19.5. The Morgan fingerprint density at radius 2 is 0.667 bits per heavy atom. The van der Waals surface area contributed by atoms with E-state index in [1.54, 1.807) is 12.1 Å². The van der Waals surface area contributed by atoms with Crippen LogP contribution < -0.4 is 0 Å². The third kappa shape index (κ3) is 40.2. The number of phenolic OH excluding ortho intramolecular Hbond substituents is 1. The third-order valence-electron chi connectivity index (χ3n) is 11.2. The van der Waals surface area contributed by atoms with E-state index in [4.69, 9.17) is 10.2 Å². The Hall–Kier alpha value is -1.89. The number of carboxylic acids is 2. The van der Waals surface area contributed by atoms with Gasteiger partial charge in [-0.25, -0.2) is 0 Å². The minimum absolute atomic E-state index is 0.134. The quantitative estimate of drug-likeness (QED) is 0.0339. The van der Waals surface area contributed by atoms with Crippen molar-refractivity contribution in [3.63, 3.8) is 0 Å². The molecule has 0 aliphatic heterocycles. The van der Waals surface area contributed by atoms with Crippen molar-refractivity contribution in [1.82, 2.24) is 0 Å². The summed E-state index contributed by atoms with van der Waals surface area (Å²) in [7, 11) is -4.18. The lowest BCUT2D eigenvalue weighted by molar-refractivity contribution is -0.138. The van der Waals surface area contributed by atoms with Gasteiger partial charge in [0.05, 0.1) is 6.16 Å². The Labute approximate surface area is 370 Å². The van der Waals surface area contributed by atoms with E-state index < -0.39 is 19.5 Å². The van der Waals surface area contributed by atoms with Crippen LogP contribution in [0.3, 0.4) is 0 Å². The summed E-state index contributed by atoms with van der Waals surface area (Å²) in [5, 5.41) is 27.0. The Morgan fingerprint density at radius 3 is 0.850 bits per heavy atom. The minimum Gasteiger partial charge on any atom is -0.508 e. The Morgan fingerprint density at radius 1 is 0.450 bits per heavy atom.